The third-order valence-electron chi connectivity index (χ3n) is 5.08. The molecule has 1 amide bonds. The molecular formula is C23H28N4O2. The summed E-state index contributed by atoms with van der Waals surface area (Å²) in [5, 5.41) is 4.13. The van der Waals surface area contributed by atoms with Crippen molar-refractivity contribution in [3.8, 4) is 11.4 Å². The highest BCUT2D eigenvalue weighted by Crippen LogP contribution is 2.31. The van der Waals surface area contributed by atoms with Crippen LogP contribution in [0.5, 0.6) is 5.75 Å². The van der Waals surface area contributed by atoms with E-state index >= 15 is 0 Å². The molecule has 3 aromatic rings. The molecule has 0 spiro atoms. The second kappa shape index (κ2) is 8.47. The van der Waals surface area contributed by atoms with Crippen LogP contribution >= 0.6 is 0 Å². The Balaban J connectivity index is 1.64. The molecule has 1 unspecified atom stereocenters. The Morgan fingerprint density at radius 1 is 1.14 bits per heavy atom. The van der Waals surface area contributed by atoms with E-state index in [-0.39, 0.29) is 24.0 Å². The predicted molar refractivity (Wildman–Crippen MR) is 113 cm³/mol. The van der Waals surface area contributed by atoms with Crippen molar-refractivity contribution in [2.45, 2.75) is 39.2 Å². The minimum atomic E-state index is -0.0752. The van der Waals surface area contributed by atoms with Crippen molar-refractivity contribution >= 4 is 5.91 Å². The maximum Gasteiger partial charge on any atom is 0.260 e. The normalized spacial score (nSPS) is 12.4. The number of carbonyl (C=O) groups is 1. The van der Waals surface area contributed by atoms with Gasteiger partial charge in [0.1, 0.15) is 18.4 Å². The number of benzene rings is 2. The second-order valence-corrected chi connectivity index (χ2v) is 8.15. The first-order valence-electron chi connectivity index (χ1n) is 9.70. The molecule has 0 saturated carbocycles. The van der Waals surface area contributed by atoms with E-state index in [1.165, 1.54) is 6.33 Å². The fraction of sp³-hybridized carbons (Fsp3) is 0.348. The third-order valence-corrected chi connectivity index (χ3v) is 5.08. The number of amides is 1. The minimum absolute atomic E-state index is 0.00493. The molecule has 0 aliphatic rings. The number of hydrogen-bond donors (Lipinski definition) is 0. The van der Waals surface area contributed by atoms with Crippen molar-refractivity contribution in [2.75, 3.05) is 13.7 Å². The predicted octanol–water partition coefficient (Wildman–Crippen LogP) is 4.16. The van der Waals surface area contributed by atoms with Crippen LogP contribution in [0.15, 0.2) is 61.2 Å². The summed E-state index contributed by atoms with van der Waals surface area (Å²) >= 11 is 0. The van der Waals surface area contributed by atoms with Crippen molar-refractivity contribution in [3.63, 3.8) is 0 Å². The van der Waals surface area contributed by atoms with Crippen LogP contribution in [0.2, 0.25) is 0 Å². The molecule has 0 saturated heterocycles. The average molecular weight is 393 g/mol. The van der Waals surface area contributed by atoms with E-state index < -0.39 is 0 Å². The summed E-state index contributed by atoms with van der Waals surface area (Å²) in [5.74, 6) is 0.688. The van der Waals surface area contributed by atoms with Gasteiger partial charge in [-0.2, -0.15) is 5.10 Å². The molecule has 0 aliphatic heterocycles. The SMILES string of the molecule is CC(c1ccc(-n2cncn2)cc1)N(C)C(=O)COc1ccccc1C(C)(C)C. The maximum absolute atomic E-state index is 12.7. The summed E-state index contributed by atoms with van der Waals surface area (Å²) in [4.78, 5) is 18.4. The van der Waals surface area contributed by atoms with Crippen LogP contribution in [0.3, 0.4) is 0 Å². The van der Waals surface area contributed by atoms with E-state index in [9.17, 15) is 4.79 Å². The monoisotopic (exact) mass is 392 g/mol. The van der Waals surface area contributed by atoms with Crippen molar-refractivity contribution in [1.82, 2.24) is 19.7 Å². The molecule has 152 valence electrons. The largest absolute Gasteiger partial charge is 0.483 e. The lowest BCUT2D eigenvalue weighted by Crippen LogP contribution is -2.34. The summed E-state index contributed by atoms with van der Waals surface area (Å²) < 4.78 is 7.59. The standard InChI is InChI=1S/C23H28N4O2/c1-17(18-10-12-19(13-11-18)27-16-24-15-25-27)26(5)22(28)14-29-21-9-7-6-8-20(21)23(2,3)4/h6-13,15-17H,14H2,1-5H3. The molecule has 1 aromatic heterocycles. The maximum atomic E-state index is 12.7. The fourth-order valence-corrected chi connectivity index (χ4v) is 3.14. The van der Waals surface area contributed by atoms with Gasteiger partial charge in [0.25, 0.3) is 5.91 Å². The van der Waals surface area contributed by atoms with Crippen LogP contribution < -0.4 is 4.74 Å². The van der Waals surface area contributed by atoms with Gasteiger partial charge in [-0.15, -0.1) is 0 Å². The van der Waals surface area contributed by atoms with Gasteiger partial charge in [0, 0.05) is 7.05 Å². The number of aromatic nitrogens is 3. The number of likely N-dealkylation sites (N-methyl/N-ethyl adjacent to an activating group) is 1. The zero-order chi connectivity index (χ0) is 21.0. The zero-order valence-corrected chi connectivity index (χ0v) is 17.7. The molecule has 3 rings (SSSR count). The smallest absolute Gasteiger partial charge is 0.260 e. The summed E-state index contributed by atoms with van der Waals surface area (Å²) in [6.45, 7) is 8.41. The van der Waals surface area contributed by atoms with Crippen molar-refractivity contribution in [2.24, 2.45) is 0 Å². The van der Waals surface area contributed by atoms with Crippen LogP contribution in [-0.4, -0.2) is 39.2 Å². The zero-order valence-electron chi connectivity index (χ0n) is 17.7. The fourth-order valence-electron chi connectivity index (χ4n) is 3.14. The molecule has 2 aromatic carbocycles. The lowest BCUT2D eigenvalue weighted by molar-refractivity contribution is -0.134. The Morgan fingerprint density at radius 2 is 1.83 bits per heavy atom. The first kappa shape index (κ1) is 20.6. The highest BCUT2D eigenvalue weighted by molar-refractivity contribution is 5.78. The Kier molecular flexibility index (Phi) is 6.01. The first-order chi connectivity index (χ1) is 13.8. The van der Waals surface area contributed by atoms with Crippen molar-refractivity contribution < 1.29 is 9.53 Å². The van der Waals surface area contributed by atoms with Gasteiger partial charge in [0.15, 0.2) is 6.61 Å². The highest BCUT2D eigenvalue weighted by Gasteiger charge is 2.21. The first-order valence-corrected chi connectivity index (χ1v) is 9.70. The molecule has 0 aliphatic carbocycles. The highest BCUT2D eigenvalue weighted by atomic mass is 16.5. The minimum Gasteiger partial charge on any atom is -0.483 e. The van der Waals surface area contributed by atoms with E-state index in [0.717, 1.165) is 22.6 Å². The molecular weight excluding hydrogens is 364 g/mol. The lowest BCUT2D eigenvalue weighted by Gasteiger charge is -2.27. The quantitative estimate of drug-likeness (QED) is 0.632. The number of ether oxygens (including phenoxy) is 1. The van der Waals surface area contributed by atoms with E-state index in [4.69, 9.17) is 4.74 Å². The molecule has 6 nitrogen and oxygen atoms in total. The van der Waals surface area contributed by atoms with Crippen LogP contribution in [0, 0.1) is 0 Å². The third kappa shape index (κ3) is 4.83. The lowest BCUT2D eigenvalue weighted by atomic mass is 9.86. The van der Waals surface area contributed by atoms with E-state index in [2.05, 4.69) is 30.9 Å². The van der Waals surface area contributed by atoms with Gasteiger partial charge in [-0.25, -0.2) is 9.67 Å². The van der Waals surface area contributed by atoms with E-state index in [1.807, 2.05) is 55.5 Å². The van der Waals surface area contributed by atoms with Gasteiger partial charge in [0.05, 0.1) is 11.7 Å². The van der Waals surface area contributed by atoms with Gasteiger partial charge < -0.3 is 9.64 Å². The van der Waals surface area contributed by atoms with Gasteiger partial charge in [-0.05, 0) is 41.7 Å². The molecule has 1 atom stereocenters. The molecule has 6 heteroatoms. The van der Waals surface area contributed by atoms with Gasteiger partial charge in [0.2, 0.25) is 0 Å². The Morgan fingerprint density at radius 3 is 2.45 bits per heavy atom. The molecule has 29 heavy (non-hydrogen) atoms. The van der Waals surface area contributed by atoms with Crippen LogP contribution in [-0.2, 0) is 10.2 Å². The topological polar surface area (TPSA) is 60.2 Å². The molecule has 0 fully saturated rings. The molecule has 0 radical (unpaired) electrons. The number of hydrogen-bond acceptors (Lipinski definition) is 4. The van der Waals surface area contributed by atoms with Crippen molar-refractivity contribution in [1.29, 1.82) is 0 Å². The van der Waals surface area contributed by atoms with Gasteiger partial charge >= 0.3 is 0 Å². The molecule has 1 heterocycles. The molecule has 0 bridgehead atoms. The van der Waals surface area contributed by atoms with E-state index in [1.54, 1.807) is 23.0 Å². The Bertz CT molecular complexity index is 944. The van der Waals surface area contributed by atoms with Crippen LogP contribution in [0.4, 0.5) is 0 Å². The average Bonchev–Trinajstić information content (AvgIpc) is 3.25. The Hall–Kier alpha value is -3.15. The molecule has 0 N–H and O–H groups in total. The van der Waals surface area contributed by atoms with Gasteiger partial charge in [-0.3, -0.25) is 4.79 Å². The summed E-state index contributed by atoms with van der Waals surface area (Å²) in [7, 11) is 1.80. The van der Waals surface area contributed by atoms with Gasteiger partial charge in [-0.1, -0.05) is 51.1 Å². The summed E-state index contributed by atoms with van der Waals surface area (Å²) in [6.07, 6.45) is 3.15. The van der Waals surface area contributed by atoms with Crippen LogP contribution in [0.1, 0.15) is 44.9 Å². The van der Waals surface area contributed by atoms with Crippen molar-refractivity contribution in [3.05, 3.63) is 72.3 Å². The second-order valence-electron chi connectivity index (χ2n) is 8.15. The number of carbonyl (C=O) groups excluding carboxylic acids is 1. The summed E-state index contributed by atoms with van der Waals surface area (Å²) in [6, 6.07) is 15.7. The number of rotatable bonds is 6. The Labute approximate surface area is 172 Å². The summed E-state index contributed by atoms with van der Waals surface area (Å²) in [5.41, 5.74) is 3.01. The van der Waals surface area contributed by atoms with E-state index in [0.29, 0.717) is 0 Å². The number of para-hydroxylation sites is 1. The van der Waals surface area contributed by atoms with Crippen LogP contribution in [0.25, 0.3) is 5.69 Å². The number of nitrogens with zero attached hydrogens (tertiary/aromatic N) is 4.